The third kappa shape index (κ3) is 4.82. The zero-order valence-electron chi connectivity index (χ0n) is 15.8. The second kappa shape index (κ2) is 7.81. The lowest BCUT2D eigenvalue weighted by Gasteiger charge is -2.49. The molecule has 150 valence electrons. The molecule has 0 saturated carbocycles. The Balaban J connectivity index is 1.84. The number of amides is 1. The van der Waals surface area contributed by atoms with Gasteiger partial charge in [-0.2, -0.15) is 4.72 Å². The highest BCUT2D eigenvalue weighted by molar-refractivity contribution is 7.88. The Morgan fingerprint density at radius 3 is 2.50 bits per heavy atom. The normalized spacial score (nSPS) is 16.9. The highest BCUT2D eigenvalue weighted by Gasteiger charge is 2.46. The third-order valence-corrected chi connectivity index (χ3v) is 5.54. The summed E-state index contributed by atoms with van der Waals surface area (Å²) in [6, 6.07) is 17.4. The van der Waals surface area contributed by atoms with Gasteiger partial charge in [0, 0.05) is 18.5 Å². The average Bonchev–Trinajstić information content (AvgIpc) is 2.57. The first-order valence-electron chi connectivity index (χ1n) is 8.93. The van der Waals surface area contributed by atoms with Gasteiger partial charge in [-0.05, 0) is 36.6 Å². The maximum Gasteiger partial charge on any atom is 0.407 e. The lowest BCUT2D eigenvalue weighted by Crippen LogP contribution is -2.62. The van der Waals surface area contributed by atoms with Gasteiger partial charge in [0.2, 0.25) is 10.0 Å². The van der Waals surface area contributed by atoms with Crippen LogP contribution in [0.4, 0.5) is 4.79 Å². The number of nitrogens with zero attached hydrogens (tertiary/aromatic N) is 1. The van der Waals surface area contributed by atoms with E-state index >= 15 is 0 Å². The van der Waals surface area contributed by atoms with E-state index in [0.29, 0.717) is 25.3 Å². The van der Waals surface area contributed by atoms with Crippen LogP contribution in [0.2, 0.25) is 0 Å². The monoisotopic (exact) mass is 404 g/mol. The van der Waals surface area contributed by atoms with E-state index in [4.69, 9.17) is 4.74 Å². The van der Waals surface area contributed by atoms with Crippen LogP contribution in [-0.2, 0) is 21.9 Å². The van der Waals surface area contributed by atoms with Crippen LogP contribution in [0.25, 0.3) is 0 Å². The number of nitrogens with one attached hydrogen (secondary N) is 1. The average molecular weight is 404 g/mol. The van der Waals surface area contributed by atoms with Gasteiger partial charge in [-0.1, -0.05) is 42.5 Å². The van der Waals surface area contributed by atoms with Crippen molar-refractivity contribution in [3.05, 3.63) is 65.7 Å². The number of hydrogen-bond acceptors (Lipinski definition) is 4. The molecule has 2 aromatic carbocycles. The Morgan fingerprint density at radius 1 is 1.21 bits per heavy atom. The van der Waals surface area contributed by atoms with E-state index in [1.54, 1.807) is 13.0 Å². The fourth-order valence-electron chi connectivity index (χ4n) is 3.63. The number of hydrogen-bond donors (Lipinski definition) is 2. The first-order valence-corrected chi connectivity index (χ1v) is 10.8. The molecule has 1 amide bonds. The van der Waals surface area contributed by atoms with Crippen molar-refractivity contribution >= 4 is 16.1 Å². The van der Waals surface area contributed by atoms with Gasteiger partial charge in [-0.15, -0.1) is 0 Å². The molecular weight excluding hydrogens is 380 g/mol. The van der Waals surface area contributed by atoms with Crippen molar-refractivity contribution in [2.24, 2.45) is 0 Å². The molecule has 2 aromatic rings. The first-order chi connectivity index (χ1) is 13.2. The summed E-state index contributed by atoms with van der Waals surface area (Å²) in [6.45, 7) is 2.42. The van der Waals surface area contributed by atoms with E-state index < -0.39 is 22.3 Å². The minimum Gasteiger partial charge on any atom is -0.475 e. The zero-order chi connectivity index (χ0) is 20.4. The summed E-state index contributed by atoms with van der Waals surface area (Å²) in [7, 11) is -3.38. The molecule has 1 aliphatic rings. The topological polar surface area (TPSA) is 95.9 Å². The maximum absolute atomic E-state index is 11.4. The van der Waals surface area contributed by atoms with Gasteiger partial charge >= 0.3 is 6.09 Å². The number of rotatable bonds is 7. The summed E-state index contributed by atoms with van der Waals surface area (Å²) < 4.78 is 30.8. The van der Waals surface area contributed by atoms with Crippen molar-refractivity contribution in [3.8, 4) is 5.75 Å². The summed E-state index contributed by atoms with van der Waals surface area (Å²) in [5.41, 5.74) is 1.76. The molecule has 3 rings (SSSR count). The van der Waals surface area contributed by atoms with Crippen LogP contribution in [0.3, 0.4) is 0 Å². The number of carbonyl (C=O) groups is 1. The van der Waals surface area contributed by atoms with Gasteiger partial charge in [0.25, 0.3) is 0 Å². The van der Waals surface area contributed by atoms with Gasteiger partial charge < -0.3 is 14.7 Å². The van der Waals surface area contributed by atoms with Gasteiger partial charge in [-0.3, -0.25) is 0 Å². The Kier molecular flexibility index (Phi) is 5.62. The molecule has 1 saturated heterocycles. The van der Waals surface area contributed by atoms with Crippen molar-refractivity contribution < 1.29 is 23.1 Å². The Morgan fingerprint density at radius 2 is 1.89 bits per heavy atom. The van der Waals surface area contributed by atoms with Crippen LogP contribution in [0.15, 0.2) is 54.6 Å². The van der Waals surface area contributed by atoms with E-state index in [1.165, 1.54) is 4.90 Å². The molecule has 0 aromatic heterocycles. The molecule has 7 nitrogen and oxygen atoms in total. The molecule has 1 fully saturated rings. The zero-order valence-corrected chi connectivity index (χ0v) is 16.6. The highest BCUT2D eigenvalue weighted by atomic mass is 32.2. The third-order valence-electron chi connectivity index (χ3n) is 4.78. The quantitative estimate of drug-likeness (QED) is 0.691. The fourth-order valence-corrected chi connectivity index (χ4v) is 4.28. The molecule has 1 unspecified atom stereocenters. The molecule has 0 radical (unpaired) electrons. The molecule has 2 N–H and O–H groups in total. The molecular formula is C20H24N2O5S. The van der Waals surface area contributed by atoms with E-state index in [0.717, 1.165) is 17.4 Å². The maximum atomic E-state index is 11.4. The van der Waals surface area contributed by atoms with Crippen molar-refractivity contribution in [2.45, 2.75) is 25.0 Å². The van der Waals surface area contributed by atoms with Crippen LogP contribution in [0.5, 0.6) is 5.75 Å². The SMILES string of the molecule is CC(NS(C)(=O)=O)Oc1cccc(C2(Cc3ccccc3)CN(C(=O)O)C2)c1. The number of sulfonamides is 1. The standard InChI is InChI=1S/C20H24N2O5S/c1-15(21-28(2,25)26)27-18-10-6-9-17(11-18)20(13-22(14-20)19(23)24)12-16-7-4-3-5-8-16/h3-11,15,21H,12-14H2,1-2H3,(H,23,24). The van der Waals surface area contributed by atoms with Crippen LogP contribution in [-0.4, -0.2) is 50.1 Å². The predicted octanol–water partition coefficient (Wildman–Crippen LogP) is 2.43. The van der Waals surface area contributed by atoms with Crippen LogP contribution in [0, 0.1) is 0 Å². The molecule has 0 spiro atoms. The van der Waals surface area contributed by atoms with Crippen molar-refractivity contribution in [1.82, 2.24) is 9.62 Å². The Labute approximate surface area is 165 Å². The molecule has 0 bridgehead atoms. The predicted molar refractivity (Wildman–Crippen MR) is 106 cm³/mol. The minimum absolute atomic E-state index is 0.341. The summed E-state index contributed by atoms with van der Waals surface area (Å²) >= 11 is 0. The lowest BCUT2D eigenvalue weighted by molar-refractivity contribution is 0.0593. The summed E-state index contributed by atoms with van der Waals surface area (Å²) in [5.74, 6) is 0.530. The molecule has 8 heteroatoms. The van der Waals surface area contributed by atoms with Crippen LogP contribution in [0.1, 0.15) is 18.1 Å². The number of ether oxygens (including phenoxy) is 1. The van der Waals surface area contributed by atoms with E-state index in [-0.39, 0.29) is 5.41 Å². The van der Waals surface area contributed by atoms with E-state index in [1.807, 2.05) is 48.5 Å². The molecule has 0 aliphatic carbocycles. The van der Waals surface area contributed by atoms with Crippen molar-refractivity contribution in [1.29, 1.82) is 0 Å². The Bertz CT molecular complexity index is 940. The second-order valence-electron chi connectivity index (χ2n) is 7.26. The van der Waals surface area contributed by atoms with E-state index in [2.05, 4.69) is 4.72 Å². The van der Waals surface area contributed by atoms with Crippen LogP contribution >= 0.6 is 0 Å². The molecule has 1 atom stereocenters. The smallest absolute Gasteiger partial charge is 0.407 e. The number of likely N-dealkylation sites (tertiary alicyclic amines) is 1. The Hall–Kier alpha value is -2.58. The minimum atomic E-state index is -3.38. The number of carboxylic acid groups (broad SMARTS) is 1. The van der Waals surface area contributed by atoms with Gasteiger partial charge in [0.1, 0.15) is 5.75 Å². The van der Waals surface area contributed by atoms with Gasteiger partial charge in [0.15, 0.2) is 6.23 Å². The second-order valence-corrected chi connectivity index (χ2v) is 9.04. The fraction of sp³-hybridized carbons (Fsp3) is 0.350. The molecule has 1 aliphatic heterocycles. The molecule has 28 heavy (non-hydrogen) atoms. The highest BCUT2D eigenvalue weighted by Crippen LogP contribution is 2.39. The van der Waals surface area contributed by atoms with E-state index in [9.17, 15) is 18.3 Å². The summed E-state index contributed by atoms with van der Waals surface area (Å²) in [6.07, 6.45) is 0.139. The lowest BCUT2D eigenvalue weighted by atomic mass is 9.69. The summed E-state index contributed by atoms with van der Waals surface area (Å²) in [5, 5.41) is 9.30. The number of benzene rings is 2. The van der Waals surface area contributed by atoms with Gasteiger partial charge in [-0.25, -0.2) is 13.2 Å². The van der Waals surface area contributed by atoms with Gasteiger partial charge in [0.05, 0.1) is 6.26 Å². The van der Waals surface area contributed by atoms with Crippen LogP contribution < -0.4 is 9.46 Å². The summed E-state index contributed by atoms with van der Waals surface area (Å²) in [4.78, 5) is 12.7. The van der Waals surface area contributed by atoms with Crippen molar-refractivity contribution in [3.63, 3.8) is 0 Å². The molecule has 1 heterocycles. The first kappa shape index (κ1) is 20.2. The largest absolute Gasteiger partial charge is 0.475 e. The van der Waals surface area contributed by atoms with Crippen molar-refractivity contribution in [2.75, 3.05) is 19.3 Å².